The predicted molar refractivity (Wildman–Crippen MR) is 60.5 cm³/mol. The van der Waals surface area contributed by atoms with Crippen LogP contribution in [-0.4, -0.2) is 22.5 Å². The molecule has 0 radical (unpaired) electrons. The van der Waals surface area contributed by atoms with E-state index < -0.39 is 0 Å². The molecule has 0 atom stereocenters. The van der Waals surface area contributed by atoms with Gasteiger partial charge in [0.15, 0.2) is 0 Å². The largest absolute Gasteiger partial charge is 0.465 e. The predicted octanol–water partition coefficient (Wildman–Crippen LogP) is 2.07. The van der Waals surface area contributed by atoms with Crippen molar-refractivity contribution in [3.8, 4) is 0 Å². The summed E-state index contributed by atoms with van der Waals surface area (Å²) in [5.74, 6) is -0.326. The van der Waals surface area contributed by atoms with E-state index in [-0.39, 0.29) is 5.97 Å². The number of aryl methyl sites for hydroxylation is 1. The van der Waals surface area contributed by atoms with Crippen LogP contribution in [0.25, 0.3) is 5.65 Å². The second kappa shape index (κ2) is 4.35. The summed E-state index contributed by atoms with van der Waals surface area (Å²) in [7, 11) is 1.38. The van der Waals surface area contributed by atoms with Crippen LogP contribution in [-0.2, 0) is 11.2 Å². The van der Waals surface area contributed by atoms with Crippen LogP contribution in [0.4, 0.5) is 0 Å². The zero-order valence-electron chi connectivity index (χ0n) is 9.43. The average Bonchev–Trinajstić information content (AvgIpc) is 2.69. The van der Waals surface area contributed by atoms with Gasteiger partial charge >= 0.3 is 5.97 Å². The monoisotopic (exact) mass is 218 g/mol. The molecular formula is C12H14N2O2. The van der Waals surface area contributed by atoms with E-state index in [0.717, 1.165) is 24.2 Å². The van der Waals surface area contributed by atoms with Crippen molar-refractivity contribution in [2.45, 2.75) is 19.8 Å². The third-order valence-corrected chi connectivity index (χ3v) is 2.43. The fraction of sp³-hybridized carbons (Fsp3) is 0.333. The van der Waals surface area contributed by atoms with Crippen molar-refractivity contribution in [1.29, 1.82) is 0 Å². The molecule has 0 unspecified atom stereocenters. The summed E-state index contributed by atoms with van der Waals surface area (Å²) in [5, 5.41) is 0. The van der Waals surface area contributed by atoms with Gasteiger partial charge in [-0.25, -0.2) is 9.78 Å². The fourth-order valence-electron chi connectivity index (χ4n) is 1.66. The Kier molecular flexibility index (Phi) is 2.90. The van der Waals surface area contributed by atoms with Gasteiger partial charge in [0.1, 0.15) is 5.65 Å². The van der Waals surface area contributed by atoms with Crippen molar-refractivity contribution in [3.63, 3.8) is 0 Å². The summed E-state index contributed by atoms with van der Waals surface area (Å²) in [6.07, 6.45) is 5.71. The maximum atomic E-state index is 11.3. The number of rotatable bonds is 3. The molecule has 0 amide bonds. The summed E-state index contributed by atoms with van der Waals surface area (Å²) >= 11 is 0. The second-order valence-corrected chi connectivity index (χ2v) is 3.66. The fourth-order valence-corrected chi connectivity index (χ4v) is 1.66. The molecule has 2 heterocycles. The molecule has 4 heteroatoms. The molecule has 16 heavy (non-hydrogen) atoms. The van der Waals surface area contributed by atoms with Gasteiger partial charge in [0.25, 0.3) is 0 Å². The van der Waals surface area contributed by atoms with Gasteiger partial charge in [-0.2, -0.15) is 0 Å². The molecule has 0 N–H and O–H groups in total. The van der Waals surface area contributed by atoms with E-state index in [1.54, 1.807) is 12.3 Å². The van der Waals surface area contributed by atoms with Crippen molar-refractivity contribution < 1.29 is 9.53 Å². The molecule has 4 nitrogen and oxygen atoms in total. The number of hydrogen-bond donors (Lipinski definition) is 0. The van der Waals surface area contributed by atoms with Crippen molar-refractivity contribution in [3.05, 3.63) is 35.8 Å². The summed E-state index contributed by atoms with van der Waals surface area (Å²) in [6.45, 7) is 2.11. The highest BCUT2D eigenvalue weighted by Crippen LogP contribution is 2.10. The lowest BCUT2D eigenvalue weighted by atomic mass is 10.3. The van der Waals surface area contributed by atoms with E-state index in [2.05, 4.69) is 16.6 Å². The third kappa shape index (κ3) is 1.91. The molecule has 0 aliphatic heterocycles. The summed E-state index contributed by atoms with van der Waals surface area (Å²) in [6, 6.07) is 3.55. The number of methoxy groups -OCH3 is 1. The first kappa shape index (κ1) is 10.7. The first-order chi connectivity index (χ1) is 7.74. The zero-order chi connectivity index (χ0) is 11.5. The van der Waals surface area contributed by atoms with Crippen LogP contribution in [0.1, 0.15) is 29.4 Å². The molecule has 0 aliphatic rings. The van der Waals surface area contributed by atoms with Gasteiger partial charge in [0.05, 0.1) is 18.4 Å². The van der Waals surface area contributed by atoms with Crippen molar-refractivity contribution in [1.82, 2.24) is 9.38 Å². The quantitative estimate of drug-likeness (QED) is 0.741. The molecule has 0 fully saturated rings. The van der Waals surface area contributed by atoms with Crippen molar-refractivity contribution in [2.24, 2.45) is 0 Å². The lowest BCUT2D eigenvalue weighted by Crippen LogP contribution is -2.02. The SMILES string of the molecule is CCCc1cn2cc(C(=O)OC)ccc2n1. The minimum absolute atomic E-state index is 0.326. The van der Waals surface area contributed by atoms with Gasteiger partial charge in [-0.1, -0.05) is 13.3 Å². The van der Waals surface area contributed by atoms with Gasteiger partial charge in [-0.3, -0.25) is 0 Å². The van der Waals surface area contributed by atoms with Gasteiger partial charge in [-0.15, -0.1) is 0 Å². The smallest absolute Gasteiger partial charge is 0.339 e. The summed E-state index contributed by atoms with van der Waals surface area (Å²) in [5.41, 5.74) is 2.44. The Morgan fingerprint density at radius 3 is 2.94 bits per heavy atom. The maximum Gasteiger partial charge on any atom is 0.339 e. The Morgan fingerprint density at radius 1 is 1.44 bits per heavy atom. The number of ether oxygens (including phenoxy) is 1. The van der Waals surface area contributed by atoms with Gasteiger partial charge in [-0.05, 0) is 18.6 Å². The number of aromatic nitrogens is 2. The number of esters is 1. The van der Waals surface area contributed by atoms with Crippen LogP contribution in [0, 0.1) is 0 Å². The van der Waals surface area contributed by atoms with E-state index >= 15 is 0 Å². The highest BCUT2D eigenvalue weighted by atomic mass is 16.5. The van der Waals surface area contributed by atoms with Gasteiger partial charge in [0.2, 0.25) is 0 Å². The minimum atomic E-state index is -0.326. The van der Waals surface area contributed by atoms with Crippen molar-refractivity contribution >= 4 is 11.6 Å². The van der Waals surface area contributed by atoms with E-state index in [4.69, 9.17) is 0 Å². The normalized spacial score (nSPS) is 10.6. The van der Waals surface area contributed by atoms with Crippen molar-refractivity contribution in [2.75, 3.05) is 7.11 Å². The van der Waals surface area contributed by atoms with E-state index in [9.17, 15) is 4.79 Å². The first-order valence-electron chi connectivity index (χ1n) is 5.30. The number of hydrogen-bond acceptors (Lipinski definition) is 3. The molecule has 0 saturated carbocycles. The molecule has 2 rings (SSSR count). The zero-order valence-corrected chi connectivity index (χ0v) is 9.43. The highest BCUT2D eigenvalue weighted by Gasteiger charge is 2.07. The van der Waals surface area contributed by atoms with E-state index in [0.29, 0.717) is 5.56 Å². The van der Waals surface area contributed by atoms with Gasteiger partial charge < -0.3 is 9.14 Å². The number of nitrogens with zero attached hydrogens (tertiary/aromatic N) is 2. The standard InChI is InChI=1S/C12H14N2O2/c1-3-4-10-8-14-7-9(12(15)16-2)5-6-11(14)13-10/h5-8H,3-4H2,1-2H3. The number of carbonyl (C=O) groups is 1. The number of carbonyl (C=O) groups excluding carboxylic acids is 1. The van der Waals surface area contributed by atoms with E-state index in [1.165, 1.54) is 7.11 Å². The second-order valence-electron chi connectivity index (χ2n) is 3.66. The number of fused-ring (bicyclic) bond motifs is 1. The highest BCUT2D eigenvalue weighted by molar-refractivity contribution is 5.89. The molecule has 0 aliphatic carbocycles. The Labute approximate surface area is 93.9 Å². The molecule has 2 aromatic heterocycles. The Hall–Kier alpha value is -1.84. The van der Waals surface area contributed by atoms with Crippen LogP contribution in [0.2, 0.25) is 0 Å². The average molecular weight is 218 g/mol. The third-order valence-electron chi connectivity index (χ3n) is 2.43. The number of pyridine rings is 1. The molecule has 2 aromatic rings. The lowest BCUT2D eigenvalue weighted by Gasteiger charge is -1.99. The summed E-state index contributed by atoms with van der Waals surface area (Å²) in [4.78, 5) is 15.8. The van der Waals surface area contributed by atoms with Crippen LogP contribution in [0.3, 0.4) is 0 Å². The van der Waals surface area contributed by atoms with Crippen LogP contribution < -0.4 is 0 Å². The van der Waals surface area contributed by atoms with Crippen LogP contribution >= 0.6 is 0 Å². The summed E-state index contributed by atoms with van der Waals surface area (Å²) < 4.78 is 6.53. The molecule has 84 valence electrons. The molecule has 0 spiro atoms. The maximum absolute atomic E-state index is 11.3. The Bertz CT molecular complexity index is 517. The molecule has 0 saturated heterocycles. The Balaban J connectivity index is 2.41. The first-order valence-corrected chi connectivity index (χ1v) is 5.30. The van der Waals surface area contributed by atoms with Crippen LogP contribution in [0.15, 0.2) is 24.5 Å². The Morgan fingerprint density at radius 2 is 2.25 bits per heavy atom. The number of imidazole rings is 1. The molecule has 0 aromatic carbocycles. The topological polar surface area (TPSA) is 43.6 Å². The molecular weight excluding hydrogens is 204 g/mol. The minimum Gasteiger partial charge on any atom is -0.465 e. The van der Waals surface area contributed by atoms with E-state index in [1.807, 2.05) is 16.7 Å². The molecule has 0 bridgehead atoms. The van der Waals surface area contributed by atoms with Gasteiger partial charge in [0, 0.05) is 12.4 Å². The lowest BCUT2D eigenvalue weighted by molar-refractivity contribution is 0.0600. The van der Waals surface area contributed by atoms with Crippen LogP contribution in [0.5, 0.6) is 0 Å².